The lowest BCUT2D eigenvalue weighted by molar-refractivity contribution is -0.138. The average Bonchev–Trinajstić information content (AvgIpc) is 2.77. The van der Waals surface area contributed by atoms with Crippen molar-refractivity contribution in [3.63, 3.8) is 0 Å². The van der Waals surface area contributed by atoms with E-state index in [-0.39, 0.29) is 4.90 Å². The maximum atomic E-state index is 13.7. The lowest BCUT2D eigenvalue weighted by atomic mass is 10.1. The van der Waals surface area contributed by atoms with Crippen molar-refractivity contribution in [2.45, 2.75) is 25.7 Å². The lowest BCUT2D eigenvalue weighted by Crippen LogP contribution is -2.37. The zero-order chi connectivity index (χ0) is 24.2. The highest BCUT2D eigenvalue weighted by Crippen LogP contribution is 2.30. The summed E-state index contributed by atoms with van der Waals surface area (Å²) in [5.74, 6) is 0.381. The van der Waals surface area contributed by atoms with Gasteiger partial charge in [0.15, 0.2) is 0 Å². The van der Waals surface area contributed by atoms with Crippen LogP contribution in [0.1, 0.15) is 16.7 Å². The van der Waals surface area contributed by atoms with Crippen LogP contribution in [0.25, 0.3) is 0 Å². The van der Waals surface area contributed by atoms with Crippen molar-refractivity contribution in [2.75, 3.05) is 35.6 Å². The van der Waals surface area contributed by atoms with Gasteiger partial charge >= 0.3 is 5.97 Å². The molecule has 0 aliphatic carbocycles. The molecule has 0 bridgehead atoms. The first-order valence-electron chi connectivity index (χ1n) is 10.2. The van der Waals surface area contributed by atoms with Crippen molar-refractivity contribution in [1.82, 2.24) is 9.97 Å². The third-order valence-corrected chi connectivity index (χ3v) is 7.04. The number of nitrogens with one attached hydrogen (secondary N) is 2. The number of rotatable bonds is 8. The summed E-state index contributed by atoms with van der Waals surface area (Å²) < 4.78 is 33.2. The molecule has 3 aromatic rings. The summed E-state index contributed by atoms with van der Waals surface area (Å²) in [6.45, 7) is 4.95. The molecule has 0 saturated heterocycles. The monoisotopic (exact) mass is 469 g/mol. The number of carbonyl (C=O) groups excluding carboxylic acids is 1. The zero-order valence-electron chi connectivity index (χ0n) is 19.2. The van der Waals surface area contributed by atoms with Gasteiger partial charge < -0.3 is 15.4 Å². The molecular weight excluding hydrogens is 442 g/mol. The number of esters is 1. The summed E-state index contributed by atoms with van der Waals surface area (Å²) in [5, 5.41) is 6.01. The Labute approximate surface area is 193 Å². The minimum absolute atomic E-state index is 0.180. The quantitative estimate of drug-likeness (QED) is 0.482. The van der Waals surface area contributed by atoms with Gasteiger partial charge in [-0.25, -0.2) is 13.4 Å². The van der Waals surface area contributed by atoms with E-state index in [0.29, 0.717) is 34.3 Å². The van der Waals surface area contributed by atoms with Crippen molar-refractivity contribution < 1.29 is 17.9 Å². The van der Waals surface area contributed by atoms with Crippen LogP contribution in [0.3, 0.4) is 0 Å². The molecule has 10 heteroatoms. The molecule has 0 unspecified atom stereocenters. The Morgan fingerprint density at radius 3 is 2.27 bits per heavy atom. The third-order valence-electron chi connectivity index (χ3n) is 4.96. The molecule has 0 saturated carbocycles. The molecule has 0 fully saturated rings. The molecular formula is C23H27N5O4S. The van der Waals surface area contributed by atoms with Crippen LogP contribution in [0, 0.1) is 20.8 Å². The smallest absolute Gasteiger partial charge is 0.326 e. The number of benzene rings is 2. The number of carbonyl (C=O) groups is 1. The molecule has 174 valence electrons. The summed E-state index contributed by atoms with van der Waals surface area (Å²) in [7, 11) is -1.09. The Kier molecular flexibility index (Phi) is 7.17. The van der Waals surface area contributed by atoms with Gasteiger partial charge in [-0.1, -0.05) is 17.7 Å². The van der Waals surface area contributed by atoms with Crippen LogP contribution in [0.2, 0.25) is 0 Å². The Morgan fingerprint density at radius 1 is 1.06 bits per heavy atom. The van der Waals surface area contributed by atoms with Crippen LogP contribution in [0.4, 0.5) is 23.1 Å². The van der Waals surface area contributed by atoms with Crippen LogP contribution in [0.5, 0.6) is 0 Å². The fourth-order valence-corrected chi connectivity index (χ4v) is 5.42. The fraction of sp³-hybridized carbons (Fsp3) is 0.261. The maximum absolute atomic E-state index is 13.7. The van der Waals surface area contributed by atoms with Gasteiger partial charge in [-0.2, -0.15) is 4.98 Å². The molecule has 0 spiro atoms. The van der Waals surface area contributed by atoms with Crippen LogP contribution in [-0.2, 0) is 19.6 Å². The Morgan fingerprint density at radius 2 is 1.70 bits per heavy atom. The van der Waals surface area contributed by atoms with Gasteiger partial charge in [-0.3, -0.25) is 9.10 Å². The van der Waals surface area contributed by atoms with Crippen molar-refractivity contribution in [2.24, 2.45) is 0 Å². The number of hydrogen-bond donors (Lipinski definition) is 2. The van der Waals surface area contributed by atoms with Crippen LogP contribution in [0.15, 0.2) is 53.6 Å². The molecule has 3 rings (SSSR count). The number of aryl methyl sites for hydroxylation is 3. The second-order valence-electron chi connectivity index (χ2n) is 7.50. The van der Waals surface area contributed by atoms with E-state index in [1.165, 1.54) is 7.11 Å². The van der Waals surface area contributed by atoms with Gasteiger partial charge in [0.25, 0.3) is 10.0 Å². The number of anilines is 4. The second-order valence-corrected chi connectivity index (χ2v) is 9.30. The summed E-state index contributed by atoms with van der Waals surface area (Å²) in [6.07, 6.45) is 1.62. The van der Waals surface area contributed by atoms with Crippen molar-refractivity contribution in [1.29, 1.82) is 0 Å². The Bertz CT molecular complexity index is 1240. The number of methoxy groups -OCH3 is 1. The van der Waals surface area contributed by atoms with Crippen LogP contribution in [-0.4, -0.2) is 45.1 Å². The first-order valence-corrected chi connectivity index (χ1v) is 11.6. The minimum atomic E-state index is -4.03. The molecule has 1 heterocycles. The van der Waals surface area contributed by atoms with E-state index < -0.39 is 22.5 Å². The number of nitrogens with zero attached hydrogens (tertiary/aromatic N) is 3. The summed E-state index contributed by atoms with van der Waals surface area (Å²) in [5.41, 5.74) is 3.22. The van der Waals surface area contributed by atoms with Gasteiger partial charge in [-0.15, -0.1) is 0 Å². The number of ether oxygens (including phenoxy) is 1. The van der Waals surface area contributed by atoms with E-state index in [2.05, 4.69) is 20.6 Å². The van der Waals surface area contributed by atoms with E-state index in [1.807, 2.05) is 19.1 Å². The summed E-state index contributed by atoms with van der Waals surface area (Å²) in [4.78, 5) is 20.7. The Hall–Kier alpha value is -3.66. The first-order chi connectivity index (χ1) is 15.6. The van der Waals surface area contributed by atoms with E-state index >= 15 is 0 Å². The second kappa shape index (κ2) is 9.86. The van der Waals surface area contributed by atoms with Crippen molar-refractivity contribution in [3.8, 4) is 0 Å². The van der Waals surface area contributed by atoms with E-state index in [4.69, 9.17) is 4.74 Å². The number of sulfonamides is 1. The van der Waals surface area contributed by atoms with E-state index in [9.17, 15) is 13.2 Å². The van der Waals surface area contributed by atoms with Gasteiger partial charge in [0.2, 0.25) is 5.95 Å². The average molecular weight is 470 g/mol. The van der Waals surface area contributed by atoms with Crippen LogP contribution < -0.4 is 14.9 Å². The highest BCUT2D eigenvalue weighted by atomic mass is 32.2. The summed E-state index contributed by atoms with van der Waals surface area (Å²) in [6, 6.07) is 12.0. The van der Waals surface area contributed by atoms with Crippen molar-refractivity contribution >= 4 is 39.1 Å². The highest BCUT2D eigenvalue weighted by Gasteiger charge is 2.30. The molecule has 0 amide bonds. The van der Waals surface area contributed by atoms with Crippen LogP contribution >= 0.6 is 0 Å². The lowest BCUT2D eigenvalue weighted by Gasteiger charge is -2.25. The van der Waals surface area contributed by atoms with E-state index in [0.717, 1.165) is 9.87 Å². The molecule has 0 radical (unpaired) electrons. The minimum Gasteiger partial charge on any atom is -0.468 e. The molecule has 1 aromatic heterocycles. The Balaban J connectivity index is 1.98. The van der Waals surface area contributed by atoms with Gasteiger partial charge in [0.05, 0.1) is 17.7 Å². The SMILES string of the molecule is CNc1nccc(Nc2ccc(N(CC(=O)OC)S(=O)(=O)c3c(C)cc(C)cc3C)cc2)n1. The van der Waals surface area contributed by atoms with Crippen molar-refractivity contribution in [3.05, 3.63) is 65.4 Å². The molecule has 2 N–H and O–H groups in total. The maximum Gasteiger partial charge on any atom is 0.326 e. The molecule has 2 aromatic carbocycles. The summed E-state index contributed by atoms with van der Waals surface area (Å²) >= 11 is 0. The molecule has 9 nitrogen and oxygen atoms in total. The molecule has 0 aliphatic heterocycles. The normalized spacial score (nSPS) is 11.1. The first kappa shape index (κ1) is 24.0. The van der Waals surface area contributed by atoms with E-state index in [1.54, 1.807) is 57.4 Å². The topological polar surface area (TPSA) is 114 Å². The zero-order valence-corrected chi connectivity index (χ0v) is 20.0. The molecule has 0 aliphatic rings. The number of aromatic nitrogens is 2. The highest BCUT2D eigenvalue weighted by molar-refractivity contribution is 7.93. The molecule has 0 atom stereocenters. The third kappa shape index (κ3) is 5.40. The van der Waals surface area contributed by atoms with Gasteiger partial charge in [0.1, 0.15) is 12.4 Å². The predicted molar refractivity (Wildman–Crippen MR) is 129 cm³/mol. The number of hydrogen-bond acceptors (Lipinski definition) is 8. The fourth-order valence-electron chi connectivity index (χ4n) is 3.59. The predicted octanol–water partition coefficient (Wildman–Crippen LogP) is 3.56. The standard InChI is InChI=1S/C23H27N5O4S/c1-15-12-16(2)22(17(3)13-15)33(30,31)28(14-21(29)32-5)19-8-6-18(7-9-19)26-20-10-11-25-23(24-4)27-20/h6-13H,14H2,1-5H3,(H2,24,25,26,27). The van der Waals surface area contributed by atoms with Gasteiger partial charge in [0, 0.05) is 18.9 Å². The largest absolute Gasteiger partial charge is 0.468 e. The van der Waals surface area contributed by atoms with Gasteiger partial charge in [-0.05, 0) is 62.2 Å². The molecule has 33 heavy (non-hydrogen) atoms.